The Hall–Kier alpha value is -1.61. The van der Waals surface area contributed by atoms with Crippen molar-refractivity contribution in [3.8, 4) is 12.3 Å². The van der Waals surface area contributed by atoms with Gasteiger partial charge >= 0.3 is 5.76 Å². The third-order valence-corrected chi connectivity index (χ3v) is 3.67. The predicted molar refractivity (Wildman–Crippen MR) is 66.2 cm³/mol. The van der Waals surface area contributed by atoms with Crippen molar-refractivity contribution in [3.63, 3.8) is 0 Å². The molecule has 0 radical (unpaired) electrons. The van der Waals surface area contributed by atoms with Gasteiger partial charge in [-0.3, -0.25) is 0 Å². The summed E-state index contributed by atoms with van der Waals surface area (Å²) in [5.74, 6) is -1.06. The summed E-state index contributed by atoms with van der Waals surface area (Å²) in [4.78, 5) is -0.455. The number of sulfone groups is 1. The molecule has 0 amide bonds. The number of benzene rings is 1. The number of nitrogens with one attached hydrogen (secondary N) is 1. The van der Waals surface area contributed by atoms with E-state index in [1.807, 2.05) is 0 Å². The van der Waals surface area contributed by atoms with Gasteiger partial charge in [0, 0.05) is 0 Å². The maximum atomic E-state index is 12.5. The normalized spacial score (nSPS) is 12.2. The van der Waals surface area contributed by atoms with Crippen LogP contribution >= 0.6 is 0 Å². The van der Waals surface area contributed by atoms with Gasteiger partial charge in [-0.15, -0.1) is 6.42 Å². The number of halogens is 2. The zero-order valence-corrected chi connectivity index (χ0v) is 10.8. The van der Waals surface area contributed by atoms with Crippen LogP contribution in [0.25, 0.3) is 0 Å². The summed E-state index contributed by atoms with van der Waals surface area (Å²) < 4.78 is 48.0. The molecule has 0 aliphatic rings. The highest BCUT2D eigenvalue weighted by molar-refractivity contribution is 7.91. The highest BCUT2D eigenvalue weighted by Gasteiger charge is 2.30. The highest BCUT2D eigenvalue weighted by Crippen LogP contribution is 2.27. The van der Waals surface area contributed by atoms with E-state index in [1.165, 1.54) is 12.1 Å². The fourth-order valence-corrected chi connectivity index (χ4v) is 2.17. The molecule has 0 spiro atoms. The van der Waals surface area contributed by atoms with Gasteiger partial charge in [-0.1, -0.05) is 18.1 Å². The second-order valence-electron chi connectivity index (χ2n) is 4.20. The van der Waals surface area contributed by atoms with Crippen molar-refractivity contribution in [1.82, 2.24) is 0 Å². The molecule has 0 saturated carbocycles. The molecule has 0 aliphatic carbocycles. The number of hydrogen-bond donors (Lipinski definition) is 1. The van der Waals surface area contributed by atoms with E-state index < -0.39 is 26.0 Å². The maximum Gasteiger partial charge on any atom is 0.341 e. The molecular weight excluding hydrogens is 260 g/mol. The van der Waals surface area contributed by atoms with E-state index in [0.717, 1.165) is 6.07 Å². The lowest BCUT2D eigenvalue weighted by Crippen LogP contribution is -2.29. The van der Waals surface area contributed by atoms with E-state index in [2.05, 4.69) is 11.2 Å². The lowest BCUT2D eigenvalue weighted by atomic mass is 10.1. The van der Waals surface area contributed by atoms with E-state index in [1.54, 1.807) is 19.9 Å². The van der Waals surface area contributed by atoms with Crippen molar-refractivity contribution in [2.75, 3.05) is 5.32 Å². The second kappa shape index (κ2) is 4.94. The Bertz CT molecular complexity index is 574. The summed E-state index contributed by atoms with van der Waals surface area (Å²) in [5, 5.41) is 2.75. The van der Waals surface area contributed by atoms with Crippen molar-refractivity contribution < 1.29 is 17.2 Å². The van der Waals surface area contributed by atoms with Crippen LogP contribution in [0.4, 0.5) is 14.5 Å². The third-order valence-electron chi connectivity index (χ3n) is 2.24. The molecule has 0 unspecified atom stereocenters. The quantitative estimate of drug-likeness (QED) is 0.857. The van der Waals surface area contributed by atoms with Gasteiger partial charge in [-0.05, 0) is 26.0 Å². The van der Waals surface area contributed by atoms with Gasteiger partial charge in [0.05, 0.1) is 16.1 Å². The van der Waals surface area contributed by atoms with Crippen molar-refractivity contribution in [2.24, 2.45) is 0 Å². The van der Waals surface area contributed by atoms with Crippen LogP contribution < -0.4 is 5.32 Å². The molecule has 1 aromatic carbocycles. The summed E-state index contributed by atoms with van der Waals surface area (Å²) in [6.07, 6.45) is 5.26. The molecule has 0 heterocycles. The fourth-order valence-electron chi connectivity index (χ4n) is 1.29. The molecule has 18 heavy (non-hydrogen) atoms. The van der Waals surface area contributed by atoms with Crippen LogP contribution in [-0.2, 0) is 9.84 Å². The first-order valence-corrected chi connectivity index (χ1v) is 6.62. The Labute approximate surface area is 105 Å². The summed E-state index contributed by atoms with van der Waals surface area (Å²) in [6.45, 7) is 3.28. The van der Waals surface area contributed by atoms with Gasteiger partial charge in [-0.2, -0.15) is 8.78 Å². The SMILES string of the molecule is C#CC(C)(C)Nc1ccccc1S(=O)(=O)C(F)F. The average Bonchev–Trinajstić information content (AvgIpc) is 2.29. The minimum atomic E-state index is -4.65. The van der Waals surface area contributed by atoms with Crippen molar-refractivity contribution >= 4 is 15.5 Å². The van der Waals surface area contributed by atoms with Crippen LogP contribution in [0, 0.1) is 12.3 Å². The van der Waals surface area contributed by atoms with Gasteiger partial charge in [0.15, 0.2) is 0 Å². The number of rotatable bonds is 4. The smallest absolute Gasteiger partial charge is 0.341 e. The van der Waals surface area contributed by atoms with Gasteiger partial charge < -0.3 is 5.32 Å². The zero-order chi connectivity index (χ0) is 14.0. The van der Waals surface area contributed by atoms with Crippen LogP contribution in [0.2, 0.25) is 0 Å². The second-order valence-corrected chi connectivity index (χ2v) is 6.08. The Kier molecular flexibility index (Phi) is 3.97. The molecule has 0 aromatic heterocycles. The Balaban J connectivity index is 3.30. The molecule has 1 aromatic rings. The van der Waals surface area contributed by atoms with E-state index in [4.69, 9.17) is 6.42 Å². The summed E-state index contributed by atoms with van der Waals surface area (Å²) in [6, 6.07) is 5.44. The number of terminal acetylenes is 1. The van der Waals surface area contributed by atoms with Crippen LogP contribution in [-0.4, -0.2) is 19.7 Å². The van der Waals surface area contributed by atoms with Crippen LogP contribution in [0.1, 0.15) is 13.8 Å². The molecule has 1 rings (SSSR count). The van der Waals surface area contributed by atoms with Crippen LogP contribution in [0.3, 0.4) is 0 Å². The zero-order valence-electron chi connectivity index (χ0n) is 9.94. The molecule has 98 valence electrons. The highest BCUT2D eigenvalue weighted by atomic mass is 32.2. The standard InChI is InChI=1S/C12H13F2NO2S/c1-4-12(2,3)15-9-7-5-6-8-10(9)18(16,17)11(13)14/h1,5-8,11,15H,2-3H3. The van der Waals surface area contributed by atoms with Crippen molar-refractivity contribution in [1.29, 1.82) is 0 Å². The summed E-state index contributed by atoms with van der Waals surface area (Å²) in [5.41, 5.74) is -0.769. The van der Waals surface area contributed by atoms with E-state index in [9.17, 15) is 17.2 Å². The summed E-state index contributed by atoms with van der Waals surface area (Å²) >= 11 is 0. The molecule has 0 aliphatic heterocycles. The first-order valence-electron chi connectivity index (χ1n) is 5.08. The van der Waals surface area contributed by atoms with E-state index in [-0.39, 0.29) is 5.69 Å². The van der Waals surface area contributed by atoms with Crippen LogP contribution in [0.5, 0.6) is 0 Å². The fraction of sp³-hybridized carbons (Fsp3) is 0.333. The van der Waals surface area contributed by atoms with Crippen LogP contribution in [0.15, 0.2) is 29.2 Å². The predicted octanol–water partition coefficient (Wildman–Crippen LogP) is 2.51. The molecular formula is C12H13F2NO2S. The van der Waals surface area contributed by atoms with Crippen molar-refractivity contribution in [3.05, 3.63) is 24.3 Å². The Morgan fingerprint density at radius 3 is 2.39 bits per heavy atom. The van der Waals surface area contributed by atoms with Gasteiger partial charge in [0.1, 0.15) is 0 Å². The van der Waals surface area contributed by atoms with Gasteiger partial charge in [0.2, 0.25) is 9.84 Å². The third kappa shape index (κ3) is 2.99. The lowest BCUT2D eigenvalue weighted by molar-refractivity contribution is 0.235. The first kappa shape index (κ1) is 14.5. The number of alkyl halides is 2. The number of anilines is 1. The Morgan fingerprint density at radius 1 is 1.33 bits per heavy atom. The number of para-hydroxylation sites is 1. The average molecular weight is 273 g/mol. The molecule has 0 fully saturated rings. The minimum Gasteiger partial charge on any atom is -0.368 e. The first-order chi connectivity index (χ1) is 8.20. The van der Waals surface area contributed by atoms with Gasteiger partial charge in [-0.25, -0.2) is 8.42 Å². The number of hydrogen-bond acceptors (Lipinski definition) is 3. The largest absolute Gasteiger partial charge is 0.368 e. The molecule has 0 saturated heterocycles. The summed E-state index contributed by atoms with van der Waals surface area (Å²) in [7, 11) is -4.65. The minimum absolute atomic E-state index is 0.0701. The van der Waals surface area contributed by atoms with Crippen molar-refractivity contribution in [2.45, 2.75) is 30.0 Å². The monoisotopic (exact) mass is 273 g/mol. The molecule has 0 bridgehead atoms. The van der Waals surface area contributed by atoms with E-state index >= 15 is 0 Å². The molecule has 6 heteroatoms. The molecule has 0 atom stereocenters. The topological polar surface area (TPSA) is 46.2 Å². The lowest BCUT2D eigenvalue weighted by Gasteiger charge is -2.23. The molecule has 3 nitrogen and oxygen atoms in total. The van der Waals surface area contributed by atoms with E-state index in [0.29, 0.717) is 0 Å². The maximum absolute atomic E-state index is 12.5. The Morgan fingerprint density at radius 2 is 1.89 bits per heavy atom. The van der Waals surface area contributed by atoms with Gasteiger partial charge in [0.25, 0.3) is 0 Å². The molecule has 1 N–H and O–H groups in total.